The first-order valence-electron chi connectivity index (χ1n) is 7.90. The molecule has 0 aromatic heterocycles. The van der Waals surface area contributed by atoms with Gasteiger partial charge in [-0.1, -0.05) is 30.3 Å². The van der Waals surface area contributed by atoms with Crippen molar-refractivity contribution in [2.75, 3.05) is 26.9 Å². The number of nitrogens with zero attached hydrogens (tertiary/aromatic N) is 1. The zero-order valence-electron chi connectivity index (χ0n) is 13.6. The Morgan fingerprint density at radius 2 is 2.00 bits per heavy atom. The van der Waals surface area contributed by atoms with Crippen LogP contribution in [0.25, 0.3) is 0 Å². The summed E-state index contributed by atoms with van der Waals surface area (Å²) in [4.78, 5) is 17.9. The molecule has 2 fully saturated rings. The molecule has 0 spiro atoms. The molecule has 23 heavy (non-hydrogen) atoms. The number of benzene rings is 1. The molecular weight excluding hydrogens is 298 g/mol. The molecule has 0 bridgehead atoms. The van der Waals surface area contributed by atoms with Crippen LogP contribution < -0.4 is 0 Å². The number of carbonyl (C=O) groups excluding carboxylic acids is 1. The molecule has 3 rings (SSSR count). The van der Waals surface area contributed by atoms with Gasteiger partial charge >= 0.3 is 5.97 Å². The number of hydrogen-bond acceptors (Lipinski definition) is 6. The summed E-state index contributed by atoms with van der Waals surface area (Å²) in [5.41, 5.74) is 1.13. The number of methoxy groups -OCH3 is 1. The van der Waals surface area contributed by atoms with Gasteiger partial charge in [-0.2, -0.15) is 5.06 Å². The number of hydroxylamine groups is 2. The highest BCUT2D eigenvalue weighted by molar-refractivity contribution is 5.73. The first-order valence-corrected chi connectivity index (χ1v) is 7.90. The van der Waals surface area contributed by atoms with Gasteiger partial charge in [-0.25, -0.2) is 0 Å². The van der Waals surface area contributed by atoms with Crippen LogP contribution in [-0.2, 0) is 30.4 Å². The summed E-state index contributed by atoms with van der Waals surface area (Å²) in [7, 11) is 1.41. The van der Waals surface area contributed by atoms with Crippen LogP contribution in [0, 0.1) is 5.92 Å². The molecule has 2 aliphatic rings. The fourth-order valence-corrected chi connectivity index (χ4v) is 3.18. The number of rotatable bonds is 5. The highest BCUT2D eigenvalue weighted by Gasteiger charge is 2.46. The first kappa shape index (κ1) is 16.4. The number of hydrogen-bond donors (Lipinski definition) is 0. The van der Waals surface area contributed by atoms with Crippen molar-refractivity contribution in [3.8, 4) is 0 Å². The fraction of sp³-hybridized carbons (Fsp3) is 0.588. The molecule has 126 valence electrons. The van der Waals surface area contributed by atoms with Crippen molar-refractivity contribution in [1.82, 2.24) is 5.06 Å². The van der Waals surface area contributed by atoms with E-state index < -0.39 is 5.79 Å². The van der Waals surface area contributed by atoms with E-state index in [1.807, 2.05) is 42.3 Å². The minimum Gasteiger partial charge on any atom is -0.469 e. The molecule has 0 amide bonds. The summed E-state index contributed by atoms with van der Waals surface area (Å²) < 4.78 is 16.3. The highest BCUT2D eigenvalue weighted by Crippen LogP contribution is 2.34. The van der Waals surface area contributed by atoms with Crippen LogP contribution in [0.5, 0.6) is 0 Å². The van der Waals surface area contributed by atoms with Gasteiger partial charge in [0.05, 0.1) is 33.0 Å². The van der Waals surface area contributed by atoms with Gasteiger partial charge in [-0.15, -0.1) is 0 Å². The molecule has 0 radical (unpaired) electrons. The monoisotopic (exact) mass is 321 g/mol. The third-order valence-electron chi connectivity index (χ3n) is 4.42. The van der Waals surface area contributed by atoms with Crippen LogP contribution in [0.15, 0.2) is 30.3 Å². The van der Waals surface area contributed by atoms with Gasteiger partial charge in [0.25, 0.3) is 0 Å². The molecule has 6 heteroatoms. The molecule has 2 heterocycles. The van der Waals surface area contributed by atoms with E-state index in [1.165, 1.54) is 7.11 Å². The summed E-state index contributed by atoms with van der Waals surface area (Å²) in [6.45, 7) is 3.99. The molecule has 2 atom stereocenters. The minimum absolute atomic E-state index is 0.147. The van der Waals surface area contributed by atoms with Gasteiger partial charge in [0.15, 0.2) is 5.79 Å². The van der Waals surface area contributed by atoms with E-state index >= 15 is 0 Å². The Labute approximate surface area is 136 Å². The molecular formula is C17H23NO5. The van der Waals surface area contributed by atoms with Crippen LogP contribution in [-0.4, -0.2) is 49.8 Å². The molecule has 0 N–H and O–H groups in total. The van der Waals surface area contributed by atoms with E-state index in [0.29, 0.717) is 32.8 Å². The molecule has 0 saturated carbocycles. The van der Waals surface area contributed by atoms with Crippen molar-refractivity contribution in [2.24, 2.45) is 5.92 Å². The molecule has 2 saturated heterocycles. The Hall–Kier alpha value is -1.47. The fourth-order valence-electron chi connectivity index (χ4n) is 3.18. The van der Waals surface area contributed by atoms with Gasteiger partial charge in [-0.3, -0.25) is 9.63 Å². The van der Waals surface area contributed by atoms with Crippen molar-refractivity contribution >= 4 is 5.97 Å². The summed E-state index contributed by atoms with van der Waals surface area (Å²) in [6.07, 6.45) is 0.555. The molecule has 6 nitrogen and oxygen atoms in total. The smallest absolute Gasteiger partial charge is 0.312 e. The maximum Gasteiger partial charge on any atom is 0.312 e. The zero-order valence-corrected chi connectivity index (χ0v) is 13.6. The molecule has 1 aromatic rings. The van der Waals surface area contributed by atoms with E-state index in [9.17, 15) is 4.79 Å². The van der Waals surface area contributed by atoms with Crippen LogP contribution in [0.3, 0.4) is 0 Å². The third-order valence-corrected chi connectivity index (χ3v) is 4.42. The largest absolute Gasteiger partial charge is 0.469 e. The second-order valence-electron chi connectivity index (χ2n) is 6.09. The summed E-state index contributed by atoms with van der Waals surface area (Å²) in [5.74, 6) is -1.28. The standard InChI is InChI=1S/C17H23NO5/c1-17(21-8-9-22-17)10-15-14(16(19)20-2)12-23-18(15)11-13-6-4-3-5-7-13/h3-7,14-15H,8-12H2,1-2H3/t14-,15-/m1/s1. The van der Waals surface area contributed by atoms with Crippen LogP contribution in [0.1, 0.15) is 18.9 Å². The maximum atomic E-state index is 12.1. The van der Waals surface area contributed by atoms with Crippen molar-refractivity contribution in [2.45, 2.75) is 31.7 Å². The highest BCUT2D eigenvalue weighted by atomic mass is 16.7. The Balaban J connectivity index is 1.75. The maximum absolute atomic E-state index is 12.1. The van der Waals surface area contributed by atoms with Gasteiger partial charge in [-0.05, 0) is 12.5 Å². The van der Waals surface area contributed by atoms with Crippen LogP contribution >= 0.6 is 0 Å². The summed E-state index contributed by atoms with van der Waals surface area (Å²) >= 11 is 0. The average Bonchev–Trinajstić information content (AvgIpc) is 3.15. The quantitative estimate of drug-likeness (QED) is 0.770. The Bertz CT molecular complexity index is 529. The summed E-state index contributed by atoms with van der Waals surface area (Å²) in [5, 5.41) is 1.85. The second-order valence-corrected chi connectivity index (χ2v) is 6.09. The lowest BCUT2D eigenvalue weighted by Crippen LogP contribution is -2.42. The average molecular weight is 321 g/mol. The van der Waals surface area contributed by atoms with E-state index in [0.717, 1.165) is 5.56 Å². The van der Waals surface area contributed by atoms with Gasteiger partial charge in [0.1, 0.15) is 5.92 Å². The predicted molar refractivity (Wildman–Crippen MR) is 82.2 cm³/mol. The lowest BCUT2D eigenvalue weighted by molar-refractivity contribution is -0.190. The van der Waals surface area contributed by atoms with Crippen LogP contribution in [0.2, 0.25) is 0 Å². The van der Waals surface area contributed by atoms with Crippen molar-refractivity contribution < 1.29 is 23.8 Å². The predicted octanol–water partition coefficient (Wildman–Crippen LogP) is 1.74. The zero-order chi connectivity index (χ0) is 16.3. The van der Waals surface area contributed by atoms with Crippen molar-refractivity contribution in [1.29, 1.82) is 0 Å². The van der Waals surface area contributed by atoms with Gasteiger partial charge in [0, 0.05) is 13.0 Å². The number of esters is 1. The Kier molecular flexibility index (Phi) is 4.96. The van der Waals surface area contributed by atoms with Gasteiger partial charge in [0.2, 0.25) is 0 Å². The normalized spacial score (nSPS) is 27.2. The SMILES string of the molecule is COC(=O)[C@@H]1CON(Cc2ccccc2)[C@@H]1CC1(C)OCCO1. The van der Waals surface area contributed by atoms with Gasteiger partial charge < -0.3 is 14.2 Å². The van der Waals surface area contributed by atoms with E-state index in [-0.39, 0.29) is 17.9 Å². The molecule has 2 aliphatic heterocycles. The second kappa shape index (κ2) is 6.97. The van der Waals surface area contributed by atoms with Crippen molar-refractivity contribution in [3.63, 3.8) is 0 Å². The van der Waals surface area contributed by atoms with E-state index in [2.05, 4.69) is 0 Å². The van der Waals surface area contributed by atoms with Crippen molar-refractivity contribution in [3.05, 3.63) is 35.9 Å². The Morgan fingerprint density at radius 3 is 2.65 bits per heavy atom. The van der Waals surface area contributed by atoms with E-state index in [4.69, 9.17) is 19.0 Å². The lowest BCUT2D eigenvalue weighted by atomic mass is 9.94. The van der Waals surface area contributed by atoms with E-state index in [1.54, 1.807) is 0 Å². The first-order chi connectivity index (χ1) is 11.1. The third kappa shape index (κ3) is 3.72. The minimum atomic E-state index is -0.681. The molecule has 0 unspecified atom stereocenters. The summed E-state index contributed by atoms with van der Waals surface area (Å²) in [6, 6.07) is 9.88. The Morgan fingerprint density at radius 1 is 1.30 bits per heavy atom. The number of ether oxygens (including phenoxy) is 3. The topological polar surface area (TPSA) is 57.2 Å². The molecule has 1 aromatic carbocycles. The molecule has 0 aliphatic carbocycles. The number of carbonyl (C=O) groups is 1. The lowest BCUT2D eigenvalue weighted by Gasteiger charge is -2.31. The van der Waals surface area contributed by atoms with Crippen LogP contribution in [0.4, 0.5) is 0 Å².